The molecule has 0 heterocycles. The molecule has 112 valence electrons. The van der Waals surface area contributed by atoms with E-state index < -0.39 is 0 Å². The fraction of sp³-hybridized carbons (Fsp3) is 0.368. The van der Waals surface area contributed by atoms with E-state index in [2.05, 4.69) is 38.1 Å². The molecular weight excluding hydrogens is 260 g/mol. The van der Waals surface area contributed by atoms with E-state index in [4.69, 9.17) is 9.47 Å². The van der Waals surface area contributed by atoms with Gasteiger partial charge in [0.05, 0.1) is 7.11 Å². The molecule has 0 aromatic heterocycles. The van der Waals surface area contributed by atoms with Crippen molar-refractivity contribution in [3.8, 4) is 11.5 Å². The predicted molar refractivity (Wildman–Crippen MR) is 86.9 cm³/mol. The molecule has 2 nitrogen and oxygen atoms in total. The first kappa shape index (κ1) is 15.4. The molecule has 0 atom stereocenters. The molecule has 0 radical (unpaired) electrons. The second-order valence-electron chi connectivity index (χ2n) is 5.69. The van der Waals surface area contributed by atoms with Gasteiger partial charge in [-0.25, -0.2) is 0 Å². The van der Waals surface area contributed by atoms with Crippen molar-refractivity contribution in [3.63, 3.8) is 0 Å². The molecule has 0 bridgehead atoms. The van der Waals surface area contributed by atoms with Crippen molar-refractivity contribution in [1.82, 2.24) is 0 Å². The molecule has 0 saturated carbocycles. The second kappa shape index (κ2) is 7.72. The summed E-state index contributed by atoms with van der Waals surface area (Å²) in [4.78, 5) is 0. The van der Waals surface area contributed by atoms with Crippen molar-refractivity contribution in [1.29, 1.82) is 0 Å². The number of methoxy groups -OCH3 is 1. The van der Waals surface area contributed by atoms with Crippen LogP contribution >= 0.6 is 0 Å². The lowest BCUT2D eigenvalue weighted by molar-refractivity contribution is 0.284. The Morgan fingerprint density at radius 2 is 1.62 bits per heavy atom. The number of benzene rings is 2. The van der Waals surface area contributed by atoms with Gasteiger partial charge in [-0.1, -0.05) is 50.2 Å². The van der Waals surface area contributed by atoms with Gasteiger partial charge >= 0.3 is 0 Å². The van der Waals surface area contributed by atoms with E-state index in [1.165, 1.54) is 17.5 Å². The summed E-state index contributed by atoms with van der Waals surface area (Å²) in [6.45, 7) is 5.08. The van der Waals surface area contributed by atoms with Crippen LogP contribution in [-0.2, 0) is 13.0 Å². The number of hydrogen-bond acceptors (Lipinski definition) is 2. The lowest BCUT2D eigenvalue weighted by atomic mass is 10.0. The zero-order valence-electron chi connectivity index (χ0n) is 13.1. The highest BCUT2D eigenvalue weighted by atomic mass is 16.5. The van der Waals surface area contributed by atoms with Crippen molar-refractivity contribution in [3.05, 3.63) is 59.7 Å². The Balaban J connectivity index is 1.98. The van der Waals surface area contributed by atoms with E-state index in [1.807, 2.05) is 24.3 Å². The van der Waals surface area contributed by atoms with Crippen molar-refractivity contribution >= 4 is 0 Å². The molecule has 2 aromatic carbocycles. The topological polar surface area (TPSA) is 18.5 Å². The minimum atomic E-state index is 0.565. The van der Waals surface area contributed by atoms with Crippen LogP contribution < -0.4 is 9.47 Å². The van der Waals surface area contributed by atoms with E-state index in [0.717, 1.165) is 23.8 Å². The molecule has 0 unspecified atom stereocenters. The van der Waals surface area contributed by atoms with Crippen molar-refractivity contribution < 1.29 is 9.47 Å². The lowest BCUT2D eigenvalue weighted by Gasteiger charge is -2.11. The summed E-state index contributed by atoms with van der Waals surface area (Å²) < 4.78 is 11.2. The molecule has 0 aliphatic rings. The Bertz CT molecular complexity index is 561. The average molecular weight is 284 g/mol. The lowest BCUT2D eigenvalue weighted by Crippen LogP contribution is -1.99. The highest BCUT2D eigenvalue weighted by molar-refractivity contribution is 5.39. The zero-order valence-corrected chi connectivity index (χ0v) is 13.1. The van der Waals surface area contributed by atoms with Crippen LogP contribution in [0, 0.1) is 5.92 Å². The van der Waals surface area contributed by atoms with Gasteiger partial charge in [0.2, 0.25) is 0 Å². The van der Waals surface area contributed by atoms with Crippen LogP contribution in [0.15, 0.2) is 48.5 Å². The van der Waals surface area contributed by atoms with Crippen LogP contribution in [-0.4, -0.2) is 7.11 Å². The average Bonchev–Trinajstić information content (AvgIpc) is 2.51. The number of hydrogen-bond donors (Lipinski definition) is 0. The molecular formula is C19H24O2. The third kappa shape index (κ3) is 4.82. The Labute approximate surface area is 127 Å². The van der Waals surface area contributed by atoms with Gasteiger partial charge in [-0.3, -0.25) is 0 Å². The van der Waals surface area contributed by atoms with E-state index in [9.17, 15) is 0 Å². The molecule has 0 saturated heterocycles. The summed E-state index contributed by atoms with van der Waals surface area (Å²) in [6, 6.07) is 16.4. The smallest absolute Gasteiger partial charge is 0.161 e. The summed E-state index contributed by atoms with van der Waals surface area (Å²) in [7, 11) is 1.66. The quantitative estimate of drug-likeness (QED) is 0.722. The van der Waals surface area contributed by atoms with Crippen molar-refractivity contribution in [2.75, 3.05) is 7.11 Å². The zero-order chi connectivity index (χ0) is 15.1. The number of ether oxygens (including phenoxy) is 2. The fourth-order valence-corrected chi connectivity index (χ4v) is 2.23. The minimum absolute atomic E-state index is 0.565. The van der Waals surface area contributed by atoms with Crippen molar-refractivity contribution in [2.24, 2.45) is 5.92 Å². The molecule has 0 fully saturated rings. The number of aryl methyl sites for hydroxylation is 1. The largest absolute Gasteiger partial charge is 0.493 e. The molecule has 0 amide bonds. The summed E-state index contributed by atoms with van der Waals surface area (Å²) in [5.41, 5.74) is 2.58. The Morgan fingerprint density at radius 3 is 2.33 bits per heavy atom. The van der Waals surface area contributed by atoms with Crippen molar-refractivity contribution in [2.45, 2.75) is 33.3 Å². The summed E-state index contributed by atoms with van der Waals surface area (Å²) in [5.74, 6) is 2.29. The van der Waals surface area contributed by atoms with Gasteiger partial charge in [0, 0.05) is 0 Å². The summed E-state index contributed by atoms with van der Waals surface area (Å²) in [5, 5.41) is 0. The molecule has 0 aliphatic heterocycles. The van der Waals surface area contributed by atoms with E-state index in [1.54, 1.807) is 7.11 Å². The fourth-order valence-electron chi connectivity index (χ4n) is 2.23. The summed E-state index contributed by atoms with van der Waals surface area (Å²) in [6.07, 6.45) is 2.34. The van der Waals surface area contributed by atoms with Crippen LogP contribution in [0.5, 0.6) is 11.5 Å². The van der Waals surface area contributed by atoms with Crippen LogP contribution in [0.1, 0.15) is 31.4 Å². The highest BCUT2D eigenvalue weighted by Gasteiger charge is 2.04. The maximum atomic E-state index is 5.87. The van der Waals surface area contributed by atoms with Gasteiger partial charge < -0.3 is 9.47 Å². The number of rotatable bonds is 7. The third-order valence-electron chi connectivity index (χ3n) is 3.47. The van der Waals surface area contributed by atoms with Gasteiger partial charge in [0.25, 0.3) is 0 Å². The van der Waals surface area contributed by atoms with Crippen LogP contribution in [0.3, 0.4) is 0 Å². The van der Waals surface area contributed by atoms with Crippen LogP contribution in [0.4, 0.5) is 0 Å². The Morgan fingerprint density at radius 1 is 0.905 bits per heavy atom. The molecule has 0 aliphatic carbocycles. The molecule has 2 heteroatoms. The molecule has 2 aromatic rings. The molecule has 0 spiro atoms. The first-order valence-corrected chi connectivity index (χ1v) is 7.52. The SMILES string of the molecule is COc1ccccc1OCc1cccc(CCC(C)C)c1. The number of para-hydroxylation sites is 2. The predicted octanol–water partition coefficient (Wildman–Crippen LogP) is 4.86. The maximum absolute atomic E-state index is 5.87. The van der Waals surface area contributed by atoms with E-state index in [0.29, 0.717) is 6.61 Å². The standard InChI is InChI=1S/C19H24O2/c1-15(2)11-12-16-7-6-8-17(13-16)14-21-19-10-5-4-9-18(19)20-3/h4-10,13,15H,11-12,14H2,1-3H3. The molecule has 0 N–H and O–H groups in total. The van der Waals surface area contributed by atoms with Gasteiger partial charge in [-0.2, -0.15) is 0 Å². The highest BCUT2D eigenvalue weighted by Crippen LogP contribution is 2.26. The molecule has 21 heavy (non-hydrogen) atoms. The van der Waals surface area contributed by atoms with Gasteiger partial charge in [0.15, 0.2) is 11.5 Å². The van der Waals surface area contributed by atoms with Crippen LogP contribution in [0.25, 0.3) is 0 Å². The molecule has 2 rings (SSSR count). The minimum Gasteiger partial charge on any atom is -0.493 e. The maximum Gasteiger partial charge on any atom is 0.161 e. The van der Waals surface area contributed by atoms with E-state index >= 15 is 0 Å². The first-order valence-electron chi connectivity index (χ1n) is 7.52. The van der Waals surface area contributed by atoms with Gasteiger partial charge in [0.1, 0.15) is 6.61 Å². The first-order chi connectivity index (χ1) is 10.2. The third-order valence-corrected chi connectivity index (χ3v) is 3.47. The monoisotopic (exact) mass is 284 g/mol. The van der Waals surface area contributed by atoms with E-state index in [-0.39, 0.29) is 0 Å². The summed E-state index contributed by atoms with van der Waals surface area (Å²) >= 11 is 0. The second-order valence-corrected chi connectivity index (χ2v) is 5.69. The van der Waals surface area contributed by atoms with Gasteiger partial charge in [-0.05, 0) is 42.0 Å². The van der Waals surface area contributed by atoms with Crippen LogP contribution in [0.2, 0.25) is 0 Å². The Hall–Kier alpha value is -1.96. The van der Waals surface area contributed by atoms with Gasteiger partial charge in [-0.15, -0.1) is 0 Å². The Kier molecular flexibility index (Phi) is 5.68. The normalized spacial score (nSPS) is 10.7.